The fraction of sp³-hybridized carbons (Fsp3) is 0.316. The van der Waals surface area contributed by atoms with Crippen LogP contribution in [0.4, 0.5) is 5.69 Å². The minimum absolute atomic E-state index is 0.133. The van der Waals surface area contributed by atoms with Crippen LogP contribution in [0.15, 0.2) is 36.4 Å². The van der Waals surface area contributed by atoms with Crippen molar-refractivity contribution in [1.82, 2.24) is 10.3 Å². The molecule has 2 amide bonds. The molecule has 0 radical (unpaired) electrons. The zero-order chi connectivity index (χ0) is 18.9. The minimum atomic E-state index is -0.453. The van der Waals surface area contributed by atoms with Crippen molar-refractivity contribution in [2.45, 2.75) is 26.2 Å². The lowest BCUT2D eigenvalue weighted by atomic mass is 10.2. The minimum Gasteiger partial charge on any atom is -0.495 e. The van der Waals surface area contributed by atoms with Gasteiger partial charge in [-0.3, -0.25) is 9.59 Å². The van der Waals surface area contributed by atoms with Crippen molar-refractivity contribution in [3.05, 3.63) is 52.8 Å². The molecule has 2 rings (SSSR count). The van der Waals surface area contributed by atoms with Crippen molar-refractivity contribution in [3.63, 3.8) is 0 Å². The highest BCUT2D eigenvalue weighted by Gasteiger charge is 2.14. The molecular formula is C19H22ClN3O3. The first-order valence-corrected chi connectivity index (χ1v) is 8.83. The van der Waals surface area contributed by atoms with Gasteiger partial charge in [-0.1, -0.05) is 37.4 Å². The molecule has 6 nitrogen and oxygen atoms in total. The molecule has 1 heterocycles. The van der Waals surface area contributed by atoms with Crippen LogP contribution in [0.5, 0.6) is 5.75 Å². The number of aromatic nitrogens is 1. The number of benzene rings is 1. The number of carbonyl (C=O) groups excluding carboxylic acids is 2. The smallest absolute Gasteiger partial charge is 0.274 e. The van der Waals surface area contributed by atoms with Gasteiger partial charge in [0.2, 0.25) is 0 Å². The van der Waals surface area contributed by atoms with Gasteiger partial charge in [-0.2, -0.15) is 0 Å². The molecule has 0 fully saturated rings. The predicted molar refractivity (Wildman–Crippen MR) is 102 cm³/mol. The summed E-state index contributed by atoms with van der Waals surface area (Å²) in [5, 5.41) is 5.97. The molecule has 0 unspecified atom stereocenters. The van der Waals surface area contributed by atoms with Gasteiger partial charge in [0.05, 0.1) is 12.8 Å². The van der Waals surface area contributed by atoms with Gasteiger partial charge in [0, 0.05) is 11.6 Å². The van der Waals surface area contributed by atoms with Crippen molar-refractivity contribution < 1.29 is 14.3 Å². The van der Waals surface area contributed by atoms with E-state index in [2.05, 4.69) is 22.5 Å². The molecule has 0 bridgehead atoms. The van der Waals surface area contributed by atoms with Crippen molar-refractivity contribution in [1.29, 1.82) is 0 Å². The number of rotatable bonds is 8. The molecule has 0 aliphatic rings. The summed E-state index contributed by atoms with van der Waals surface area (Å²) in [6.07, 6.45) is 3.05. The number of anilines is 1. The maximum atomic E-state index is 12.5. The lowest BCUT2D eigenvalue weighted by Crippen LogP contribution is -2.26. The summed E-state index contributed by atoms with van der Waals surface area (Å²) in [4.78, 5) is 28.8. The maximum Gasteiger partial charge on any atom is 0.274 e. The van der Waals surface area contributed by atoms with Gasteiger partial charge in [0.15, 0.2) is 0 Å². The van der Waals surface area contributed by atoms with E-state index in [9.17, 15) is 9.59 Å². The number of pyridine rings is 1. The van der Waals surface area contributed by atoms with E-state index < -0.39 is 5.91 Å². The van der Waals surface area contributed by atoms with Crippen LogP contribution in [0.1, 0.15) is 47.2 Å². The molecule has 0 atom stereocenters. The number of halogens is 1. The van der Waals surface area contributed by atoms with E-state index in [1.807, 2.05) is 0 Å². The Morgan fingerprint density at radius 3 is 2.54 bits per heavy atom. The van der Waals surface area contributed by atoms with Gasteiger partial charge in [0.25, 0.3) is 11.8 Å². The van der Waals surface area contributed by atoms with E-state index in [1.165, 1.54) is 7.11 Å². The molecule has 0 aliphatic carbocycles. The first-order valence-electron chi connectivity index (χ1n) is 8.45. The summed E-state index contributed by atoms with van der Waals surface area (Å²) < 4.78 is 5.21. The number of unbranched alkanes of at least 4 members (excludes halogenated alkanes) is 2. The van der Waals surface area contributed by atoms with E-state index in [0.29, 0.717) is 23.0 Å². The highest BCUT2D eigenvalue weighted by Crippen LogP contribution is 2.27. The first-order chi connectivity index (χ1) is 12.5. The van der Waals surface area contributed by atoms with Crippen LogP contribution < -0.4 is 15.4 Å². The van der Waals surface area contributed by atoms with Gasteiger partial charge in [0.1, 0.15) is 17.1 Å². The van der Waals surface area contributed by atoms with E-state index >= 15 is 0 Å². The van der Waals surface area contributed by atoms with Crippen LogP contribution in [0, 0.1) is 0 Å². The molecule has 7 heteroatoms. The Morgan fingerprint density at radius 1 is 1.12 bits per heavy atom. The third kappa shape index (κ3) is 5.46. The second-order valence-corrected chi connectivity index (χ2v) is 6.11. The highest BCUT2D eigenvalue weighted by atomic mass is 35.5. The average molecular weight is 376 g/mol. The lowest BCUT2D eigenvalue weighted by Gasteiger charge is -2.11. The quantitative estimate of drug-likeness (QED) is 0.685. The van der Waals surface area contributed by atoms with Gasteiger partial charge >= 0.3 is 0 Å². The number of nitrogens with zero attached hydrogens (tertiary/aromatic N) is 1. The van der Waals surface area contributed by atoms with Gasteiger partial charge in [-0.25, -0.2) is 4.98 Å². The van der Waals surface area contributed by atoms with Crippen molar-refractivity contribution in [2.75, 3.05) is 19.0 Å². The molecule has 2 N–H and O–H groups in total. The van der Waals surface area contributed by atoms with Crippen LogP contribution >= 0.6 is 11.6 Å². The monoisotopic (exact) mass is 375 g/mol. The zero-order valence-electron chi connectivity index (χ0n) is 14.8. The Morgan fingerprint density at radius 2 is 1.85 bits per heavy atom. The fourth-order valence-corrected chi connectivity index (χ4v) is 2.49. The largest absolute Gasteiger partial charge is 0.495 e. The van der Waals surface area contributed by atoms with Crippen molar-refractivity contribution >= 4 is 29.1 Å². The molecule has 1 aromatic carbocycles. The average Bonchev–Trinajstić information content (AvgIpc) is 2.65. The zero-order valence-corrected chi connectivity index (χ0v) is 15.6. The van der Waals surface area contributed by atoms with E-state index in [1.54, 1.807) is 36.4 Å². The van der Waals surface area contributed by atoms with Crippen molar-refractivity contribution in [2.24, 2.45) is 0 Å². The second-order valence-electron chi connectivity index (χ2n) is 5.67. The lowest BCUT2D eigenvalue weighted by molar-refractivity contribution is 0.0947. The summed E-state index contributed by atoms with van der Waals surface area (Å²) >= 11 is 5.97. The number of hydrogen-bond acceptors (Lipinski definition) is 4. The van der Waals surface area contributed by atoms with Crippen LogP contribution in [-0.2, 0) is 0 Å². The molecule has 2 aromatic rings. The predicted octanol–water partition coefficient (Wildman–Crippen LogP) is 3.92. The summed E-state index contributed by atoms with van der Waals surface area (Å²) in [6, 6.07) is 9.65. The molecule has 26 heavy (non-hydrogen) atoms. The number of hydrogen-bond donors (Lipinski definition) is 2. The number of nitrogens with one attached hydrogen (secondary N) is 2. The molecule has 0 saturated carbocycles. The van der Waals surface area contributed by atoms with Gasteiger partial charge in [-0.15, -0.1) is 0 Å². The Labute approximate surface area is 157 Å². The van der Waals surface area contributed by atoms with Gasteiger partial charge in [-0.05, 0) is 36.8 Å². The molecule has 0 saturated heterocycles. The number of ether oxygens (including phenoxy) is 1. The second kappa shape index (κ2) is 9.77. The third-order valence-corrected chi connectivity index (χ3v) is 3.93. The molecule has 138 valence electrons. The van der Waals surface area contributed by atoms with Crippen LogP contribution in [0.25, 0.3) is 0 Å². The van der Waals surface area contributed by atoms with E-state index in [-0.39, 0.29) is 17.3 Å². The maximum absolute atomic E-state index is 12.5. The van der Waals surface area contributed by atoms with Crippen LogP contribution in [-0.4, -0.2) is 30.5 Å². The first kappa shape index (κ1) is 19.7. The number of amides is 2. The Bertz CT molecular complexity index is 780. The Kier molecular flexibility index (Phi) is 7.41. The summed E-state index contributed by atoms with van der Waals surface area (Å²) in [7, 11) is 1.50. The molecule has 0 aliphatic heterocycles. The molecular weight excluding hydrogens is 354 g/mol. The van der Waals surface area contributed by atoms with Crippen LogP contribution in [0.3, 0.4) is 0 Å². The molecule has 0 spiro atoms. The number of carbonyl (C=O) groups is 2. The standard InChI is InChI=1S/C19H22ClN3O3/c1-3-4-5-11-21-18(24)14-7-6-8-15(22-14)19(25)23-16-12-13(20)9-10-17(16)26-2/h6-10,12H,3-5,11H2,1-2H3,(H,21,24)(H,23,25). The summed E-state index contributed by atoms with van der Waals surface area (Å²) in [6.45, 7) is 2.69. The molecule has 1 aromatic heterocycles. The summed E-state index contributed by atoms with van der Waals surface area (Å²) in [5.74, 6) is -0.269. The van der Waals surface area contributed by atoms with Crippen LogP contribution in [0.2, 0.25) is 5.02 Å². The van der Waals surface area contributed by atoms with Crippen molar-refractivity contribution in [3.8, 4) is 5.75 Å². The van der Waals surface area contributed by atoms with E-state index in [4.69, 9.17) is 16.3 Å². The summed E-state index contributed by atoms with van der Waals surface area (Å²) in [5.41, 5.74) is 0.765. The third-order valence-electron chi connectivity index (χ3n) is 3.69. The Hall–Kier alpha value is -2.60. The fourth-order valence-electron chi connectivity index (χ4n) is 2.32. The SMILES string of the molecule is CCCCCNC(=O)c1cccc(C(=O)Nc2cc(Cl)ccc2OC)n1. The normalized spacial score (nSPS) is 10.3. The topological polar surface area (TPSA) is 80.3 Å². The Balaban J connectivity index is 2.08. The highest BCUT2D eigenvalue weighted by molar-refractivity contribution is 6.31. The number of methoxy groups -OCH3 is 1. The van der Waals surface area contributed by atoms with Gasteiger partial charge < -0.3 is 15.4 Å². The van der Waals surface area contributed by atoms with E-state index in [0.717, 1.165) is 19.3 Å².